The molecule has 6 heteroatoms. The van der Waals surface area contributed by atoms with Crippen LogP contribution in [0.4, 0.5) is 0 Å². The van der Waals surface area contributed by atoms with Gasteiger partial charge < -0.3 is 14.0 Å². The van der Waals surface area contributed by atoms with Gasteiger partial charge in [-0.25, -0.2) is 0 Å². The van der Waals surface area contributed by atoms with E-state index in [1.165, 1.54) is 0 Å². The molecule has 0 spiro atoms. The van der Waals surface area contributed by atoms with Gasteiger partial charge in [0.25, 0.3) is 0 Å². The van der Waals surface area contributed by atoms with E-state index in [4.69, 9.17) is 21.1 Å². The highest BCUT2D eigenvalue weighted by Crippen LogP contribution is 2.25. The number of hydrogen-bond acceptors (Lipinski definition) is 4. The van der Waals surface area contributed by atoms with Gasteiger partial charge in [0.05, 0.1) is 13.2 Å². The molecule has 1 aliphatic rings. The van der Waals surface area contributed by atoms with Crippen molar-refractivity contribution in [3.63, 3.8) is 0 Å². The van der Waals surface area contributed by atoms with Crippen molar-refractivity contribution in [1.29, 1.82) is 0 Å². The molecule has 1 unspecified atom stereocenters. The Labute approximate surface area is 87.0 Å². The predicted octanol–water partition coefficient (Wildman–Crippen LogP) is 0.737. The van der Waals surface area contributed by atoms with Crippen molar-refractivity contribution in [3.05, 3.63) is 11.6 Å². The Balaban J connectivity index is 2.12. The lowest BCUT2D eigenvalue weighted by Gasteiger charge is -2.25. The van der Waals surface area contributed by atoms with Crippen molar-refractivity contribution in [2.45, 2.75) is 18.6 Å². The first-order valence-electron chi connectivity index (χ1n) is 4.42. The van der Waals surface area contributed by atoms with E-state index >= 15 is 0 Å². The molecule has 1 atom stereocenters. The van der Waals surface area contributed by atoms with E-state index in [9.17, 15) is 0 Å². The average molecular weight is 218 g/mol. The first-order chi connectivity index (χ1) is 6.76. The van der Waals surface area contributed by atoms with Gasteiger partial charge in [-0.05, 0) is 11.6 Å². The highest BCUT2D eigenvalue weighted by atomic mass is 35.5. The summed E-state index contributed by atoms with van der Waals surface area (Å²) in [5, 5.41) is 7.80. The molecule has 1 saturated heterocycles. The van der Waals surface area contributed by atoms with Crippen LogP contribution in [0.5, 0.6) is 0 Å². The first kappa shape index (κ1) is 9.89. The zero-order chi connectivity index (χ0) is 10.0. The molecule has 1 aromatic heterocycles. The second kappa shape index (κ2) is 3.84. The summed E-state index contributed by atoms with van der Waals surface area (Å²) in [5.41, 5.74) is -0.272. The van der Waals surface area contributed by atoms with E-state index in [0.717, 1.165) is 13.0 Å². The third-order valence-electron chi connectivity index (χ3n) is 2.53. The molecule has 78 valence electrons. The summed E-state index contributed by atoms with van der Waals surface area (Å²) in [5.74, 6) is 0. The fourth-order valence-corrected chi connectivity index (χ4v) is 1.74. The largest absolute Gasteiger partial charge is 0.378 e. The maximum absolute atomic E-state index is 5.83. The number of ether oxygens (including phenoxy) is 2. The monoisotopic (exact) mass is 217 g/mol. The zero-order valence-electron chi connectivity index (χ0n) is 7.94. The third-order valence-corrected chi connectivity index (χ3v) is 2.82. The molecule has 1 fully saturated rings. The number of aromatic nitrogens is 3. The molecule has 1 aliphatic heterocycles. The van der Waals surface area contributed by atoms with E-state index in [1.807, 2.05) is 0 Å². The van der Waals surface area contributed by atoms with Crippen LogP contribution in [-0.2, 0) is 16.0 Å². The van der Waals surface area contributed by atoms with Gasteiger partial charge >= 0.3 is 0 Å². The number of methoxy groups -OCH3 is 1. The SMILES string of the molecule is COC1(Cn2cnnc2Cl)CCOC1. The molecule has 0 aliphatic carbocycles. The van der Waals surface area contributed by atoms with E-state index in [1.54, 1.807) is 18.0 Å². The fraction of sp³-hybridized carbons (Fsp3) is 0.750. The molecule has 0 aromatic carbocycles. The molecule has 2 rings (SSSR count). The Morgan fingerprint density at radius 2 is 2.64 bits per heavy atom. The van der Waals surface area contributed by atoms with Crippen molar-refractivity contribution in [3.8, 4) is 0 Å². The van der Waals surface area contributed by atoms with Gasteiger partial charge in [-0.2, -0.15) is 0 Å². The van der Waals surface area contributed by atoms with Crippen LogP contribution < -0.4 is 0 Å². The van der Waals surface area contributed by atoms with Crippen molar-refractivity contribution in [2.75, 3.05) is 20.3 Å². The van der Waals surface area contributed by atoms with Crippen LogP contribution in [-0.4, -0.2) is 40.7 Å². The highest BCUT2D eigenvalue weighted by Gasteiger charge is 2.35. The summed E-state index contributed by atoms with van der Waals surface area (Å²) in [6.07, 6.45) is 2.47. The van der Waals surface area contributed by atoms with E-state index in [0.29, 0.717) is 18.4 Å². The van der Waals surface area contributed by atoms with Crippen LogP contribution >= 0.6 is 11.6 Å². The second-order valence-electron chi connectivity index (χ2n) is 3.42. The van der Waals surface area contributed by atoms with Gasteiger partial charge in [-0.3, -0.25) is 0 Å². The number of nitrogens with zero attached hydrogens (tertiary/aromatic N) is 3. The molecule has 0 saturated carbocycles. The number of halogens is 1. The van der Waals surface area contributed by atoms with Crippen LogP contribution in [0.25, 0.3) is 0 Å². The molecule has 0 amide bonds. The summed E-state index contributed by atoms with van der Waals surface area (Å²) in [7, 11) is 1.69. The second-order valence-corrected chi connectivity index (χ2v) is 3.76. The van der Waals surface area contributed by atoms with Crippen LogP contribution in [0, 0.1) is 0 Å². The maximum atomic E-state index is 5.83. The van der Waals surface area contributed by atoms with Crippen molar-refractivity contribution in [2.24, 2.45) is 0 Å². The van der Waals surface area contributed by atoms with Gasteiger partial charge in [-0.1, -0.05) is 0 Å². The van der Waals surface area contributed by atoms with Crippen LogP contribution in [0.1, 0.15) is 6.42 Å². The zero-order valence-corrected chi connectivity index (χ0v) is 8.70. The summed E-state index contributed by atoms with van der Waals surface area (Å²) in [4.78, 5) is 0. The molecular weight excluding hydrogens is 206 g/mol. The Morgan fingerprint density at radius 3 is 3.14 bits per heavy atom. The molecule has 0 N–H and O–H groups in total. The quantitative estimate of drug-likeness (QED) is 0.749. The molecular formula is C8H12ClN3O2. The summed E-state index contributed by atoms with van der Waals surface area (Å²) < 4.78 is 12.5. The maximum Gasteiger partial charge on any atom is 0.224 e. The Bertz CT molecular complexity index is 309. The third kappa shape index (κ3) is 1.75. The predicted molar refractivity (Wildman–Crippen MR) is 50.2 cm³/mol. The van der Waals surface area contributed by atoms with Gasteiger partial charge in [0, 0.05) is 20.1 Å². The molecule has 14 heavy (non-hydrogen) atoms. The van der Waals surface area contributed by atoms with Crippen molar-refractivity contribution >= 4 is 11.6 Å². The first-order valence-corrected chi connectivity index (χ1v) is 4.80. The molecule has 2 heterocycles. The van der Waals surface area contributed by atoms with Crippen LogP contribution in [0.3, 0.4) is 0 Å². The smallest absolute Gasteiger partial charge is 0.224 e. The topological polar surface area (TPSA) is 49.2 Å². The lowest BCUT2D eigenvalue weighted by molar-refractivity contribution is -0.0295. The Hall–Kier alpha value is -0.650. The fourth-order valence-electron chi connectivity index (χ4n) is 1.60. The van der Waals surface area contributed by atoms with Crippen molar-refractivity contribution in [1.82, 2.24) is 14.8 Å². The van der Waals surface area contributed by atoms with Gasteiger partial charge in [0.2, 0.25) is 5.28 Å². The highest BCUT2D eigenvalue weighted by molar-refractivity contribution is 6.28. The lowest BCUT2D eigenvalue weighted by Crippen LogP contribution is -2.36. The normalized spacial score (nSPS) is 27.0. The summed E-state index contributed by atoms with van der Waals surface area (Å²) >= 11 is 5.83. The molecule has 5 nitrogen and oxygen atoms in total. The standard InChI is InChI=1S/C8H12ClN3O2/c1-13-8(2-3-14-5-8)4-12-6-10-11-7(12)9/h6H,2-5H2,1H3. The average Bonchev–Trinajstić information content (AvgIpc) is 2.79. The minimum absolute atomic E-state index is 0.272. The van der Waals surface area contributed by atoms with E-state index in [-0.39, 0.29) is 5.60 Å². The Morgan fingerprint density at radius 1 is 1.79 bits per heavy atom. The van der Waals surface area contributed by atoms with Crippen molar-refractivity contribution < 1.29 is 9.47 Å². The Kier molecular flexibility index (Phi) is 2.71. The molecule has 1 aromatic rings. The van der Waals surface area contributed by atoms with Gasteiger partial charge in [0.15, 0.2) is 0 Å². The molecule has 0 radical (unpaired) electrons. The summed E-state index contributed by atoms with van der Waals surface area (Å²) in [6.45, 7) is 1.96. The van der Waals surface area contributed by atoms with Crippen LogP contribution in [0.2, 0.25) is 5.28 Å². The summed E-state index contributed by atoms with van der Waals surface area (Å²) in [6, 6.07) is 0. The number of rotatable bonds is 3. The number of hydrogen-bond donors (Lipinski definition) is 0. The van der Waals surface area contributed by atoms with Gasteiger partial charge in [-0.15, -0.1) is 10.2 Å². The minimum atomic E-state index is -0.272. The molecule has 0 bridgehead atoms. The van der Waals surface area contributed by atoms with E-state index < -0.39 is 0 Å². The van der Waals surface area contributed by atoms with Gasteiger partial charge in [0.1, 0.15) is 11.9 Å². The minimum Gasteiger partial charge on any atom is -0.378 e. The van der Waals surface area contributed by atoms with E-state index in [2.05, 4.69) is 10.2 Å². The lowest BCUT2D eigenvalue weighted by atomic mass is 10.0. The van der Waals surface area contributed by atoms with Crippen LogP contribution in [0.15, 0.2) is 6.33 Å².